The second-order valence-electron chi connectivity index (χ2n) is 4.53. The minimum atomic E-state index is -0.772. The summed E-state index contributed by atoms with van der Waals surface area (Å²) in [6.45, 7) is 4.66. The smallest absolute Gasteiger partial charge is 0.152 e. The summed E-state index contributed by atoms with van der Waals surface area (Å²) in [4.78, 5) is 0. The van der Waals surface area contributed by atoms with Gasteiger partial charge in [-0.15, -0.1) is 0 Å². The van der Waals surface area contributed by atoms with E-state index in [1.54, 1.807) is 0 Å². The summed E-state index contributed by atoms with van der Waals surface area (Å²) in [5, 5.41) is 0. The summed E-state index contributed by atoms with van der Waals surface area (Å²) in [7, 11) is 0. The zero-order valence-electron chi connectivity index (χ0n) is 11.0. The van der Waals surface area contributed by atoms with Gasteiger partial charge in [-0.3, -0.25) is 0 Å². The highest BCUT2D eigenvalue weighted by atomic mass is 19.1. The molecule has 1 atom stereocenters. The fourth-order valence-corrected chi connectivity index (χ4v) is 1.79. The summed E-state index contributed by atoms with van der Waals surface area (Å²) < 4.78 is 31.7. The van der Waals surface area contributed by atoms with Gasteiger partial charge in [0.1, 0.15) is 17.3 Å². The summed E-state index contributed by atoms with van der Waals surface area (Å²) >= 11 is 0. The molecule has 0 aliphatic carbocycles. The molecule has 1 rings (SSSR count). The molecule has 2 N–H and O–H groups in total. The summed E-state index contributed by atoms with van der Waals surface area (Å²) in [6.07, 6.45) is 4.31. The van der Waals surface area contributed by atoms with Gasteiger partial charge in [0.05, 0.1) is 6.61 Å². The highest BCUT2D eigenvalue weighted by Crippen LogP contribution is 2.27. The fourth-order valence-electron chi connectivity index (χ4n) is 1.79. The quantitative estimate of drug-likeness (QED) is 0.745. The first-order chi connectivity index (χ1) is 8.58. The van der Waals surface area contributed by atoms with E-state index in [1.807, 2.05) is 0 Å². The Hall–Kier alpha value is -1.32. The minimum absolute atomic E-state index is 0.0995. The Bertz CT molecular complexity index is 382. The number of halogens is 2. The van der Waals surface area contributed by atoms with Crippen LogP contribution in [-0.4, -0.2) is 6.61 Å². The highest BCUT2D eigenvalue weighted by molar-refractivity contribution is 5.53. The summed E-state index contributed by atoms with van der Waals surface area (Å²) in [6, 6.07) is 1.89. The van der Waals surface area contributed by atoms with Crippen LogP contribution in [0, 0.1) is 17.6 Å². The number of nitrogen functional groups attached to an aromatic ring is 1. The van der Waals surface area contributed by atoms with Gasteiger partial charge in [0.25, 0.3) is 0 Å². The molecule has 0 amide bonds. The maximum absolute atomic E-state index is 13.2. The molecule has 102 valence electrons. The molecule has 0 heterocycles. The van der Waals surface area contributed by atoms with Gasteiger partial charge in [0.2, 0.25) is 0 Å². The summed E-state index contributed by atoms with van der Waals surface area (Å²) in [5.41, 5.74) is 5.39. The Balaban J connectivity index is 2.61. The van der Waals surface area contributed by atoms with Crippen molar-refractivity contribution in [1.82, 2.24) is 0 Å². The Labute approximate surface area is 107 Å². The molecule has 1 unspecified atom stereocenters. The van der Waals surface area contributed by atoms with Crippen LogP contribution in [0.3, 0.4) is 0 Å². The first-order valence-electron chi connectivity index (χ1n) is 6.45. The fraction of sp³-hybridized carbons (Fsp3) is 0.571. The molecular weight excluding hydrogens is 236 g/mol. The van der Waals surface area contributed by atoms with E-state index in [9.17, 15) is 8.78 Å². The molecule has 1 aromatic rings. The lowest BCUT2D eigenvalue weighted by Gasteiger charge is -2.16. The lowest BCUT2D eigenvalue weighted by molar-refractivity contribution is 0.233. The molecule has 2 nitrogen and oxygen atoms in total. The normalized spacial score (nSPS) is 12.4. The molecule has 0 saturated heterocycles. The van der Waals surface area contributed by atoms with Gasteiger partial charge in [-0.05, 0) is 12.3 Å². The van der Waals surface area contributed by atoms with Gasteiger partial charge >= 0.3 is 0 Å². The predicted octanol–water partition coefficient (Wildman–Crippen LogP) is 4.14. The van der Waals surface area contributed by atoms with Crippen LogP contribution < -0.4 is 10.5 Å². The topological polar surface area (TPSA) is 35.2 Å². The number of unbranched alkanes of at least 4 members (excludes halogenated alkanes) is 1. The van der Waals surface area contributed by atoms with Gasteiger partial charge in [-0.2, -0.15) is 0 Å². The number of rotatable bonds is 7. The molecule has 0 fully saturated rings. The van der Waals surface area contributed by atoms with Crippen LogP contribution in [-0.2, 0) is 0 Å². The van der Waals surface area contributed by atoms with Crippen molar-refractivity contribution in [2.24, 2.45) is 5.92 Å². The zero-order chi connectivity index (χ0) is 13.5. The van der Waals surface area contributed by atoms with Crippen LogP contribution in [0.15, 0.2) is 12.1 Å². The van der Waals surface area contributed by atoms with Crippen LogP contribution in [0.4, 0.5) is 14.5 Å². The molecule has 0 spiro atoms. The monoisotopic (exact) mass is 257 g/mol. The SMILES string of the molecule is CCCCC(CC)COc1cc(F)cc(F)c1N. The highest BCUT2D eigenvalue weighted by Gasteiger charge is 2.12. The third kappa shape index (κ3) is 4.17. The first kappa shape index (κ1) is 14.7. The second-order valence-corrected chi connectivity index (χ2v) is 4.53. The molecule has 0 radical (unpaired) electrons. The van der Waals surface area contributed by atoms with E-state index in [-0.39, 0.29) is 11.4 Å². The van der Waals surface area contributed by atoms with Crippen LogP contribution in [0.5, 0.6) is 5.75 Å². The maximum atomic E-state index is 13.2. The predicted molar refractivity (Wildman–Crippen MR) is 69.6 cm³/mol. The van der Waals surface area contributed by atoms with Crippen molar-refractivity contribution in [3.8, 4) is 5.75 Å². The maximum Gasteiger partial charge on any atom is 0.152 e. The molecule has 0 aromatic heterocycles. The van der Waals surface area contributed by atoms with Crippen LogP contribution >= 0.6 is 0 Å². The third-order valence-electron chi connectivity index (χ3n) is 3.07. The molecule has 0 saturated carbocycles. The number of anilines is 1. The Morgan fingerprint density at radius 3 is 2.61 bits per heavy atom. The van der Waals surface area contributed by atoms with Crippen molar-refractivity contribution in [1.29, 1.82) is 0 Å². The average Bonchev–Trinajstić information content (AvgIpc) is 2.35. The molecular formula is C14H21F2NO. The standard InChI is InChI=1S/C14H21F2NO/c1-3-5-6-10(4-2)9-18-13-8-11(15)7-12(16)14(13)17/h7-8,10H,3-6,9,17H2,1-2H3. The Morgan fingerprint density at radius 1 is 1.28 bits per heavy atom. The number of hydrogen-bond donors (Lipinski definition) is 1. The molecule has 4 heteroatoms. The number of benzene rings is 1. The van der Waals surface area contributed by atoms with Gasteiger partial charge in [-0.1, -0.05) is 33.1 Å². The third-order valence-corrected chi connectivity index (χ3v) is 3.07. The Morgan fingerprint density at radius 2 is 2.00 bits per heavy atom. The van der Waals surface area contributed by atoms with Crippen molar-refractivity contribution in [2.75, 3.05) is 12.3 Å². The lowest BCUT2D eigenvalue weighted by Crippen LogP contribution is -2.12. The molecule has 0 aliphatic rings. The van der Waals surface area contributed by atoms with E-state index in [1.165, 1.54) is 0 Å². The number of hydrogen-bond acceptors (Lipinski definition) is 2. The van der Waals surface area contributed by atoms with Gasteiger partial charge < -0.3 is 10.5 Å². The van der Waals surface area contributed by atoms with Gasteiger partial charge in [0.15, 0.2) is 5.82 Å². The van der Waals surface area contributed by atoms with E-state index >= 15 is 0 Å². The molecule has 0 bridgehead atoms. The molecule has 0 aliphatic heterocycles. The van der Waals surface area contributed by atoms with E-state index in [4.69, 9.17) is 10.5 Å². The Kier molecular flexibility index (Phi) is 5.89. The first-order valence-corrected chi connectivity index (χ1v) is 6.45. The van der Waals surface area contributed by atoms with Crippen molar-refractivity contribution >= 4 is 5.69 Å². The van der Waals surface area contributed by atoms with E-state index in [0.29, 0.717) is 12.5 Å². The van der Waals surface area contributed by atoms with Gasteiger partial charge in [0, 0.05) is 12.1 Å². The minimum Gasteiger partial charge on any atom is -0.491 e. The summed E-state index contributed by atoms with van der Waals surface area (Å²) in [5.74, 6) is -0.942. The van der Waals surface area contributed by atoms with Crippen molar-refractivity contribution < 1.29 is 13.5 Å². The van der Waals surface area contributed by atoms with E-state index < -0.39 is 11.6 Å². The van der Waals surface area contributed by atoms with Gasteiger partial charge in [-0.25, -0.2) is 8.78 Å². The van der Waals surface area contributed by atoms with Crippen molar-refractivity contribution in [3.63, 3.8) is 0 Å². The van der Waals surface area contributed by atoms with Crippen LogP contribution in [0.1, 0.15) is 39.5 Å². The largest absolute Gasteiger partial charge is 0.491 e. The average molecular weight is 257 g/mol. The van der Waals surface area contributed by atoms with Crippen molar-refractivity contribution in [2.45, 2.75) is 39.5 Å². The molecule has 1 aromatic carbocycles. The van der Waals surface area contributed by atoms with Crippen LogP contribution in [0.25, 0.3) is 0 Å². The van der Waals surface area contributed by atoms with E-state index in [0.717, 1.165) is 37.8 Å². The zero-order valence-corrected chi connectivity index (χ0v) is 11.0. The number of ether oxygens (including phenoxy) is 1. The van der Waals surface area contributed by atoms with Crippen LogP contribution in [0.2, 0.25) is 0 Å². The number of nitrogens with two attached hydrogens (primary N) is 1. The molecule has 18 heavy (non-hydrogen) atoms. The van der Waals surface area contributed by atoms with E-state index in [2.05, 4.69) is 13.8 Å². The second kappa shape index (κ2) is 7.19. The van der Waals surface area contributed by atoms with Crippen molar-refractivity contribution in [3.05, 3.63) is 23.8 Å². The lowest BCUT2D eigenvalue weighted by atomic mass is 10.0.